The van der Waals surface area contributed by atoms with Gasteiger partial charge >= 0.3 is 0 Å². The van der Waals surface area contributed by atoms with Crippen molar-refractivity contribution < 1.29 is 0 Å². The van der Waals surface area contributed by atoms with Crippen LogP contribution in [0.25, 0.3) is 0 Å². The minimum Gasteiger partial charge on any atom is -0.315 e. The molecule has 1 aliphatic heterocycles. The Morgan fingerprint density at radius 1 is 0.857 bits per heavy atom. The van der Waals surface area contributed by atoms with E-state index in [0.717, 1.165) is 12.0 Å². The number of nitrogens with zero attached hydrogens (tertiary/aromatic N) is 1. The monoisotopic (exact) mass is 296 g/mol. The Balaban J connectivity index is 1.94. The van der Waals surface area contributed by atoms with Gasteiger partial charge in [-0.3, -0.25) is 4.90 Å². The lowest BCUT2D eigenvalue weighted by atomic mass is 10.0. The van der Waals surface area contributed by atoms with E-state index in [0.29, 0.717) is 0 Å². The quantitative estimate of drug-likeness (QED) is 0.489. The molecule has 1 unspecified atom stereocenters. The molecule has 2 nitrogen and oxygen atoms in total. The predicted octanol–water partition coefficient (Wildman–Crippen LogP) is 4.84. The Bertz CT molecular complexity index is 222. The topological polar surface area (TPSA) is 15.3 Å². The van der Waals surface area contributed by atoms with Crippen molar-refractivity contribution in [3.05, 3.63) is 0 Å². The molecule has 0 saturated carbocycles. The van der Waals surface area contributed by atoms with Crippen LogP contribution < -0.4 is 5.32 Å². The number of likely N-dealkylation sites (tertiary alicyclic amines) is 1. The molecule has 21 heavy (non-hydrogen) atoms. The average molecular weight is 297 g/mol. The minimum atomic E-state index is 0.751. The maximum absolute atomic E-state index is 3.71. The molecule has 0 radical (unpaired) electrons. The molecule has 0 aromatic rings. The third-order valence-corrected chi connectivity index (χ3v) is 4.94. The van der Waals surface area contributed by atoms with Crippen molar-refractivity contribution in [1.29, 1.82) is 0 Å². The Kier molecular flexibility index (Phi) is 11.3. The van der Waals surface area contributed by atoms with Gasteiger partial charge in [0.1, 0.15) is 0 Å². The summed E-state index contributed by atoms with van der Waals surface area (Å²) >= 11 is 0. The van der Waals surface area contributed by atoms with E-state index in [1.165, 1.54) is 90.4 Å². The van der Waals surface area contributed by atoms with Crippen LogP contribution in [0.5, 0.6) is 0 Å². The summed E-state index contributed by atoms with van der Waals surface area (Å²) in [5, 5.41) is 3.71. The molecule has 0 aliphatic carbocycles. The highest BCUT2D eigenvalue weighted by Gasteiger charge is 2.23. The van der Waals surface area contributed by atoms with Gasteiger partial charge in [-0.15, -0.1) is 0 Å². The van der Waals surface area contributed by atoms with Crippen LogP contribution in [0.3, 0.4) is 0 Å². The first kappa shape index (κ1) is 19.0. The van der Waals surface area contributed by atoms with E-state index in [2.05, 4.69) is 31.0 Å². The normalized spacial score (nSPS) is 17.7. The van der Waals surface area contributed by atoms with Crippen molar-refractivity contribution in [3.63, 3.8) is 0 Å². The zero-order valence-electron chi connectivity index (χ0n) is 15.0. The third-order valence-electron chi connectivity index (χ3n) is 4.94. The number of hydrogen-bond donors (Lipinski definition) is 1. The number of nitrogens with one attached hydrogen (secondary N) is 1. The highest BCUT2D eigenvalue weighted by molar-refractivity contribution is 4.80. The van der Waals surface area contributed by atoms with Crippen molar-refractivity contribution >= 4 is 0 Å². The summed E-state index contributed by atoms with van der Waals surface area (Å²) in [4.78, 5) is 2.70. The summed E-state index contributed by atoms with van der Waals surface area (Å²) in [7, 11) is 0. The summed E-state index contributed by atoms with van der Waals surface area (Å²) < 4.78 is 0. The van der Waals surface area contributed by atoms with Crippen LogP contribution in [0.4, 0.5) is 0 Å². The lowest BCUT2D eigenvalue weighted by molar-refractivity contribution is 0.186. The van der Waals surface area contributed by atoms with E-state index in [4.69, 9.17) is 0 Å². The van der Waals surface area contributed by atoms with E-state index < -0.39 is 0 Å². The van der Waals surface area contributed by atoms with Crippen LogP contribution in [0, 0.1) is 5.92 Å². The fraction of sp³-hybridized carbons (Fsp3) is 1.00. The molecule has 1 saturated heterocycles. The Morgan fingerprint density at radius 3 is 2.00 bits per heavy atom. The Morgan fingerprint density at radius 2 is 1.43 bits per heavy atom. The Hall–Kier alpha value is -0.0800. The lowest BCUT2D eigenvalue weighted by Crippen LogP contribution is -2.44. The number of unbranched alkanes of at least 4 members (excludes halogenated alkanes) is 7. The smallest absolute Gasteiger partial charge is 0.0243 e. The summed E-state index contributed by atoms with van der Waals surface area (Å²) in [6.07, 6.45) is 14.1. The van der Waals surface area contributed by atoms with E-state index in [1.807, 2.05) is 0 Å². The molecule has 0 amide bonds. The standard InChI is InChI=1S/C19H40N2/c1-4-5-6-7-8-9-10-11-14-20-17-19(18(2)3)21-15-12-13-16-21/h18-20H,4-17H2,1-3H3. The average Bonchev–Trinajstić information content (AvgIpc) is 2.98. The van der Waals surface area contributed by atoms with Gasteiger partial charge in [-0.2, -0.15) is 0 Å². The number of rotatable bonds is 13. The maximum Gasteiger partial charge on any atom is 0.0243 e. The summed E-state index contributed by atoms with van der Waals surface area (Å²) in [5.74, 6) is 0.772. The molecule has 1 aliphatic rings. The SMILES string of the molecule is CCCCCCCCCCNCC(C(C)C)N1CCCC1. The predicted molar refractivity (Wildman–Crippen MR) is 94.9 cm³/mol. The maximum atomic E-state index is 3.71. The van der Waals surface area contributed by atoms with Crippen molar-refractivity contribution in [3.8, 4) is 0 Å². The fourth-order valence-corrected chi connectivity index (χ4v) is 3.49. The van der Waals surface area contributed by atoms with Crippen LogP contribution in [0.2, 0.25) is 0 Å². The number of hydrogen-bond acceptors (Lipinski definition) is 2. The first-order chi connectivity index (χ1) is 10.3. The van der Waals surface area contributed by atoms with Gasteiger partial charge in [0.25, 0.3) is 0 Å². The molecular formula is C19H40N2. The minimum absolute atomic E-state index is 0.751. The second-order valence-electron chi connectivity index (χ2n) is 7.23. The van der Waals surface area contributed by atoms with Gasteiger partial charge in [-0.1, -0.05) is 65.7 Å². The van der Waals surface area contributed by atoms with E-state index >= 15 is 0 Å². The van der Waals surface area contributed by atoms with Gasteiger partial charge in [-0.25, -0.2) is 0 Å². The van der Waals surface area contributed by atoms with Crippen molar-refractivity contribution in [2.24, 2.45) is 5.92 Å². The van der Waals surface area contributed by atoms with Crippen LogP contribution in [0.15, 0.2) is 0 Å². The van der Waals surface area contributed by atoms with Gasteiger partial charge in [0.2, 0.25) is 0 Å². The molecule has 2 heteroatoms. The summed E-state index contributed by atoms with van der Waals surface area (Å²) in [6, 6.07) is 0.751. The fourth-order valence-electron chi connectivity index (χ4n) is 3.49. The molecule has 1 fully saturated rings. The molecule has 0 aromatic carbocycles. The van der Waals surface area contributed by atoms with Gasteiger partial charge in [0.15, 0.2) is 0 Å². The molecule has 1 heterocycles. The van der Waals surface area contributed by atoms with Crippen molar-refractivity contribution in [1.82, 2.24) is 10.2 Å². The molecule has 0 spiro atoms. The van der Waals surface area contributed by atoms with E-state index in [1.54, 1.807) is 0 Å². The van der Waals surface area contributed by atoms with Gasteiger partial charge in [0.05, 0.1) is 0 Å². The third kappa shape index (κ3) is 8.83. The molecular weight excluding hydrogens is 256 g/mol. The second kappa shape index (κ2) is 12.5. The van der Waals surface area contributed by atoms with Crippen molar-refractivity contribution in [2.45, 2.75) is 91.0 Å². The Labute approximate surface area is 134 Å². The van der Waals surface area contributed by atoms with Crippen LogP contribution in [0.1, 0.15) is 85.0 Å². The second-order valence-corrected chi connectivity index (χ2v) is 7.23. The molecule has 1 rings (SSSR count). The molecule has 1 atom stereocenters. The van der Waals surface area contributed by atoms with Crippen LogP contribution >= 0.6 is 0 Å². The largest absolute Gasteiger partial charge is 0.315 e. The van der Waals surface area contributed by atoms with Crippen LogP contribution in [-0.2, 0) is 0 Å². The zero-order chi connectivity index (χ0) is 15.3. The van der Waals surface area contributed by atoms with Gasteiger partial charge in [-0.05, 0) is 44.8 Å². The van der Waals surface area contributed by atoms with Gasteiger partial charge in [0, 0.05) is 12.6 Å². The molecule has 1 N–H and O–H groups in total. The molecule has 126 valence electrons. The summed E-state index contributed by atoms with van der Waals surface area (Å²) in [6.45, 7) is 12.1. The van der Waals surface area contributed by atoms with Crippen molar-refractivity contribution in [2.75, 3.05) is 26.2 Å². The first-order valence-corrected chi connectivity index (χ1v) is 9.70. The summed E-state index contributed by atoms with van der Waals surface area (Å²) in [5.41, 5.74) is 0. The highest BCUT2D eigenvalue weighted by atomic mass is 15.2. The van der Waals surface area contributed by atoms with E-state index in [-0.39, 0.29) is 0 Å². The van der Waals surface area contributed by atoms with E-state index in [9.17, 15) is 0 Å². The lowest BCUT2D eigenvalue weighted by Gasteiger charge is -2.31. The first-order valence-electron chi connectivity index (χ1n) is 9.70. The van der Waals surface area contributed by atoms with Crippen LogP contribution in [-0.4, -0.2) is 37.1 Å². The highest BCUT2D eigenvalue weighted by Crippen LogP contribution is 2.17. The molecule has 0 aromatic heterocycles. The van der Waals surface area contributed by atoms with Gasteiger partial charge < -0.3 is 5.32 Å². The zero-order valence-corrected chi connectivity index (χ0v) is 15.0. The molecule has 0 bridgehead atoms.